The summed E-state index contributed by atoms with van der Waals surface area (Å²) in [6, 6.07) is 4.93. The molecule has 0 saturated carbocycles. The largest absolute Gasteiger partial charge is 0.386 e. The number of carbonyl (C=O) groups is 1. The fourth-order valence-corrected chi connectivity index (χ4v) is 2.22. The molecule has 1 aliphatic rings. The lowest BCUT2D eigenvalue weighted by molar-refractivity contribution is 0.0264. The Balaban J connectivity index is 1.97. The predicted octanol–water partition coefficient (Wildman–Crippen LogP) is 1.98. The molecule has 18 heavy (non-hydrogen) atoms. The van der Waals surface area contributed by atoms with Crippen molar-refractivity contribution in [1.29, 1.82) is 0 Å². The van der Waals surface area contributed by atoms with E-state index in [1.54, 1.807) is 18.2 Å². The van der Waals surface area contributed by atoms with E-state index in [4.69, 9.17) is 16.3 Å². The van der Waals surface area contributed by atoms with Gasteiger partial charge in [0.1, 0.15) is 5.60 Å². The van der Waals surface area contributed by atoms with E-state index in [1.807, 2.05) is 0 Å². The molecule has 98 valence electrons. The number of hydrogen-bond acceptors (Lipinski definition) is 3. The van der Waals surface area contributed by atoms with Crippen LogP contribution < -0.4 is 5.32 Å². The van der Waals surface area contributed by atoms with Gasteiger partial charge in [0.15, 0.2) is 0 Å². The summed E-state index contributed by atoms with van der Waals surface area (Å²) in [5, 5.41) is 13.3. The lowest BCUT2D eigenvalue weighted by atomic mass is 10.0. The van der Waals surface area contributed by atoms with Crippen LogP contribution in [0, 0.1) is 0 Å². The average Bonchev–Trinajstić information content (AvgIpc) is 2.77. The van der Waals surface area contributed by atoms with Crippen molar-refractivity contribution < 1.29 is 14.6 Å². The van der Waals surface area contributed by atoms with Crippen molar-refractivity contribution in [3.63, 3.8) is 0 Å². The molecule has 1 aromatic rings. The second-order valence-electron chi connectivity index (χ2n) is 4.34. The molecule has 2 rings (SSSR count). The van der Waals surface area contributed by atoms with Gasteiger partial charge < -0.3 is 15.2 Å². The molecule has 1 aromatic carbocycles. The van der Waals surface area contributed by atoms with Crippen molar-refractivity contribution in [1.82, 2.24) is 5.32 Å². The second kappa shape index (κ2) is 5.57. The van der Waals surface area contributed by atoms with Crippen LogP contribution in [0.25, 0.3) is 0 Å². The van der Waals surface area contributed by atoms with Crippen molar-refractivity contribution in [3.8, 4) is 0 Å². The lowest BCUT2D eigenvalue weighted by Crippen LogP contribution is -2.43. The highest BCUT2D eigenvalue weighted by Gasteiger charge is 2.32. The van der Waals surface area contributed by atoms with E-state index in [-0.39, 0.29) is 19.1 Å². The lowest BCUT2D eigenvalue weighted by Gasteiger charge is -2.20. The molecule has 0 aliphatic carbocycles. The Labute approximate surface area is 118 Å². The third-order valence-corrected chi connectivity index (χ3v) is 4.06. The summed E-state index contributed by atoms with van der Waals surface area (Å²) in [5.41, 5.74) is -0.451. The topological polar surface area (TPSA) is 58.6 Å². The van der Waals surface area contributed by atoms with E-state index in [2.05, 4.69) is 21.2 Å². The summed E-state index contributed by atoms with van der Waals surface area (Å²) < 4.78 is 5.77. The van der Waals surface area contributed by atoms with E-state index in [1.165, 1.54) is 0 Å². The minimum Gasteiger partial charge on any atom is -0.386 e. The zero-order chi connectivity index (χ0) is 13.2. The first-order valence-corrected chi connectivity index (χ1v) is 6.71. The molecular formula is C12H13BrClNO3. The number of rotatable bonds is 3. The monoisotopic (exact) mass is 333 g/mol. The molecule has 0 bridgehead atoms. The van der Waals surface area contributed by atoms with Crippen molar-refractivity contribution in [2.24, 2.45) is 0 Å². The molecule has 2 N–H and O–H groups in total. The molecule has 0 radical (unpaired) electrons. The maximum atomic E-state index is 11.9. The van der Waals surface area contributed by atoms with Gasteiger partial charge in [-0.1, -0.05) is 11.6 Å². The van der Waals surface area contributed by atoms with Crippen LogP contribution in [0.15, 0.2) is 22.7 Å². The third-order valence-electron chi connectivity index (χ3n) is 2.84. The van der Waals surface area contributed by atoms with Crippen molar-refractivity contribution >= 4 is 33.4 Å². The van der Waals surface area contributed by atoms with Crippen molar-refractivity contribution in [2.75, 3.05) is 19.8 Å². The first-order chi connectivity index (χ1) is 8.50. The van der Waals surface area contributed by atoms with Crippen LogP contribution in [0.5, 0.6) is 0 Å². The van der Waals surface area contributed by atoms with Gasteiger partial charge in [-0.05, 0) is 34.1 Å². The Bertz CT molecular complexity index is 461. The fraction of sp³-hybridized carbons (Fsp3) is 0.417. The molecule has 0 aromatic heterocycles. The summed E-state index contributed by atoms with van der Waals surface area (Å²) in [6.45, 7) is 0.975. The van der Waals surface area contributed by atoms with Crippen molar-refractivity contribution in [2.45, 2.75) is 12.0 Å². The Hall–Kier alpha value is -0.620. The maximum Gasteiger partial charge on any atom is 0.251 e. The van der Waals surface area contributed by atoms with Crippen LogP contribution in [0.4, 0.5) is 0 Å². The van der Waals surface area contributed by atoms with Gasteiger partial charge in [-0.3, -0.25) is 4.79 Å². The zero-order valence-corrected chi connectivity index (χ0v) is 11.9. The summed E-state index contributed by atoms with van der Waals surface area (Å²) in [6.07, 6.45) is 0.539. The van der Waals surface area contributed by atoms with Crippen LogP contribution in [0.1, 0.15) is 16.8 Å². The molecule has 1 heterocycles. The van der Waals surface area contributed by atoms with Gasteiger partial charge >= 0.3 is 0 Å². The quantitative estimate of drug-likeness (QED) is 0.889. The third kappa shape index (κ3) is 3.23. The van der Waals surface area contributed by atoms with Gasteiger partial charge in [-0.25, -0.2) is 0 Å². The molecule has 6 heteroatoms. The molecular weight excluding hydrogens is 321 g/mol. The Kier molecular flexibility index (Phi) is 4.27. The normalized spacial score (nSPS) is 23.1. The van der Waals surface area contributed by atoms with E-state index < -0.39 is 5.60 Å². The number of ether oxygens (including phenoxy) is 1. The van der Waals surface area contributed by atoms with Crippen LogP contribution in [-0.4, -0.2) is 36.4 Å². The minimum atomic E-state index is -0.945. The highest BCUT2D eigenvalue weighted by molar-refractivity contribution is 9.10. The number of carbonyl (C=O) groups excluding carboxylic acids is 1. The van der Waals surface area contributed by atoms with Gasteiger partial charge in [-0.15, -0.1) is 0 Å². The SMILES string of the molecule is O=C(NCC1(O)CCOC1)c1ccc(Cl)c(Br)c1. The smallest absolute Gasteiger partial charge is 0.251 e. The van der Waals surface area contributed by atoms with Gasteiger partial charge in [0.05, 0.1) is 11.6 Å². The molecule has 1 saturated heterocycles. The number of amides is 1. The number of benzene rings is 1. The summed E-state index contributed by atoms with van der Waals surface area (Å²) >= 11 is 9.11. The summed E-state index contributed by atoms with van der Waals surface area (Å²) in [4.78, 5) is 11.9. The molecule has 1 fully saturated rings. The highest BCUT2D eigenvalue weighted by Crippen LogP contribution is 2.23. The maximum absolute atomic E-state index is 11.9. The molecule has 1 aliphatic heterocycles. The van der Waals surface area contributed by atoms with Gasteiger partial charge in [0.2, 0.25) is 0 Å². The standard InChI is InChI=1S/C12H13BrClNO3/c13-9-5-8(1-2-10(9)14)11(16)15-6-12(17)3-4-18-7-12/h1-2,5,17H,3-4,6-7H2,(H,15,16). The van der Waals surface area contributed by atoms with E-state index in [9.17, 15) is 9.90 Å². The van der Waals surface area contributed by atoms with Gasteiger partial charge in [0, 0.05) is 29.6 Å². The molecule has 0 spiro atoms. The zero-order valence-electron chi connectivity index (χ0n) is 9.58. The van der Waals surface area contributed by atoms with Gasteiger partial charge in [0.25, 0.3) is 5.91 Å². The van der Waals surface area contributed by atoms with Crippen LogP contribution in [0.3, 0.4) is 0 Å². The minimum absolute atomic E-state index is 0.187. The predicted molar refractivity (Wildman–Crippen MR) is 71.9 cm³/mol. The molecule has 1 atom stereocenters. The van der Waals surface area contributed by atoms with Crippen LogP contribution in [0.2, 0.25) is 5.02 Å². The first-order valence-electron chi connectivity index (χ1n) is 5.54. The first kappa shape index (κ1) is 13.8. The molecule has 1 amide bonds. The summed E-state index contributed by atoms with van der Waals surface area (Å²) in [5.74, 6) is -0.243. The Morgan fingerprint density at radius 2 is 2.39 bits per heavy atom. The molecule has 1 unspecified atom stereocenters. The number of aliphatic hydroxyl groups is 1. The van der Waals surface area contributed by atoms with Crippen LogP contribution >= 0.6 is 27.5 Å². The number of halogens is 2. The fourth-order valence-electron chi connectivity index (χ4n) is 1.72. The molecule has 4 nitrogen and oxygen atoms in total. The van der Waals surface area contributed by atoms with Crippen molar-refractivity contribution in [3.05, 3.63) is 33.3 Å². The Morgan fingerprint density at radius 3 is 3.00 bits per heavy atom. The van der Waals surface area contributed by atoms with Crippen LogP contribution in [-0.2, 0) is 4.74 Å². The van der Waals surface area contributed by atoms with Gasteiger partial charge in [-0.2, -0.15) is 0 Å². The van der Waals surface area contributed by atoms with E-state index in [0.717, 1.165) is 0 Å². The average molecular weight is 335 g/mol. The second-order valence-corrected chi connectivity index (χ2v) is 5.60. The highest BCUT2D eigenvalue weighted by atomic mass is 79.9. The number of hydrogen-bond donors (Lipinski definition) is 2. The summed E-state index contributed by atoms with van der Waals surface area (Å²) in [7, 11) is 0. The Morgan fingerprint density at radius 1 is 1.61 bits per heavy atom. The van der Waals surface area contributed by atoms with E-state index >= 15 is 0 Å². The number of nitrogens with one attached hydrogen (secondary N) is 1. The van der Waals surface area contributed by atoms with E-state index in [0.29, 0.717) is 28.1 Å².